The van der Waals surface area contributed by atoms with Crippen molar-refractivity contribution in [2.45, 2.75) is 58.9 Å². The number of amides is 2. The molecule has 0 unspecified atom stereocenters. The summed E-state index contributed by atoms with van der Waals surface area (Å²) >= 11 is 0. The van der Waals surface area contributed by atoms with Crippen LogP contribution in [0.4, 0.5) is 4.79 Å². The van der Waals surface area contributed by atoms with Crippen molar-refractivity contribution in [3.8, 4) is 0 Å². The second-order valence-electron chi connectivity index (χ2n) is 5.93. The Hall–Kier alpha value is -1.26. The maximum absolute atomic E-state index is 12.2. The number of carboxylic acid groups (broad SMARTS) is 1. The Kier molecular flexibility index (Phi) is 5.63. The maximum atomic E-state index is 12.2. The number of nitrogens with zero attached hydrogens (tertiary/aromatic N) is 1. The lowest BCUT2D eigenvalue weighted by atomic mass is 9.93. The Balaban J connectivity index is 2.52. The standard InChI is InChI=1S/C14H26N2O3/c1-4-16(11-8-6-5-7-9-11)13(19)15-10-14(2,3)12(17)18/h11H,4-10H2,1-3H3,(H,15,19)(H,17,18). The molecule has 1 aliphatic carbocycles. The number of carbonyl (C=O) groups is 2. The van der Waals surface area contributed by atoms with E-state index in [1.54, 1.807) is 13.8 Å². The molecule has 0 atom stereocenters. The minimum atomic E-state index is -0.929. The van der Waals surface area contributed by atoms with Gasteiger partial charge in [0.2, 0.25) is 0 Å². The molecule has 0 aliphatic heterocycles. The molecule has 1 rings (SSSR count). The van der Waals surface area contributed by atoms with Crippen LogP contribution in [0.5, 0.6) is 0 Å². The Labute approximate surface area is 115 Å². The summed E-state index contributed by atoms with van der Waals surface area (Å²) in [5, 5.41) is 11.8. The first-order chi connectivity index (χ1) is 8.88. The van der Waals surface area contributed by atoms with Crippen molar-refractivity contribution in [1.29, 1.82) is 0 Å². The van der Waals surface area contributed by atoms with Crippen molar-refractivity contribution < 1.29 is 14.7 Å². The zero-order chi connectivity index (χ0) is 14.5. The summed E-state index contributed by atoms with van der Waals surface area (Å²) in [7, 11) is 0. The van der Waals surface area contributed by atoms with Gasteiger partial charge < -0.3 is 15.3 Å². The number of carboxylic acids is 1. The highest BCUT2D eigenvalue weighted by atomic mass is 16.4. The predicted molar refractivity (Wildman–Crippen MR) is 74.1 cm³/mol. The molecule has 0 saturated heterocycles. The van der Waals surface area contributed by atoms with E-state index in [1.165, 1.54) is 19.3 Å². The molecule has 0 aromatic heterocycles. The molecule has 2 amide bonds. The third kappa shape index (κ3) is 4.40. The number of nitrogens with one attached hydrogen (secondary N) is 1. The van der Waals surface area contributed by atoms with Gasteiger partial charge in [0, 0.05) is 19.1 Å². The second-order valence-corrected chi connectivity index (χ2v) is 5.93. The molecule has 1 aliphatic rings. The van der Waals surface area contributed by atoms with Crippen LogP contribution >= 0.6 is 0 Å². The van der Waals surface area contributed by atoms with Crippen LogP contribution in [0.3, 0.4) is 0 Å². The topological polar surface area (TPSA) is 69.6 Å². The van der Waals surface area contributed by atoms with Crippen LogP contribution in [0.2, 0.25) is 0 Å². The van der Waals surface area contributed by atoms with E-state index in [9.17, 15) is 9.59 Å². The SMILES string of the molecule is CCN(C(=O)NCC(C)(C)C(=O)O)C1CCCCC1. The van der Waals surface area contributed by atoms with Crippen molar-refractivity contribution in [2.75, 3.05) is 13.1 Å². The zero-order valence-electron chi connectivity index (χ0n) is 12.2. The molecule has 2 N–H and O–H groups in total. The molecule has 110 valence electrons. The summed E-state index contributed by atoms with van der Waals surface area (Å²) in [6, 6.07) is 0.176. The molecule has 19 heavy (non-hydrogen) atoms. The fourth-order valence-electron chi connectivity index (χ4n) is 2.43. The third-order valence-corrected chi connectivity index (χ3v) is 3.88. The zero-order valence-corrected chi connectivity index (χ0v) is 12.2. The number of aliphatic carboxylic acids is 1. The van der Waals surface area contributed by atoms with Crippen molar-refractivity contribution in [3.63, 3.8) is 0 Å². The molecule has 0 spiro atoms. The van der Waals surface area contributed by atoms with E-state index < -0.39 is 11.4 Å². The average Bonchev–Trinajstić information content (AvgIpc) is 2.38. The summed E-state index contributed by atoms with van der Waals surface area (Å²) < 4.78 is 0. The molecule has 0 radical (unpaired) electrons. The number of carbonyl (C=O) groups excluding carboxylic acids is 1. The molecular formula is C14H26N2O3. The largest absolute Gasteiger partial charge is 0.481 e. The second kappa shape index (κ2) is 6.78. The molecule has 5 nitrogen and oxygen atoms in total. The fourth-order valence-corrected chi connectivity index (χ4v) is 2.43. The molecule has 1 saturated carbocycles. The van der Waals surface area contributed by atoms with Crippen molar-refractivity contribution >= 4 is 12.0 Å². The van der Waals surface area contributed by atoms with Gasteiger partial charge in [-0.25, -0.2) is 4.79 Å². The summed E-state index contributed by atoms with van der Waals surface area (Å²) in [5.74, 6) is -0.895. The Morgan fingerprint density at radius 2 is 1.84 bits per heavy atom. The minimum Gasteiger partial charge on any atom is -0.481 e. The Bertz CT molecular complexity index is 323. The Morgan fingerprint density at radius 3 is 2.32 bits per heavy atom. The van der Waals surface area contributed by atoms with Crippen molar-refractivity contribution in [2.24, 2.45) is 5.41 Å². The first-order valence-electron chi connectivity index (χ1n) is 7.16. The van der Waals surface area contributed by atoms with Crippen LogP contribution in [-0.4, -0.2) is 41.1 Å². The lowest BCUT2D eigenvalue weighted by Crippen LogP contribution is -2.49. The van der Waals surface area contributed by atoms with Crippen LogP contribution in [-0.2, 0) is 4.79 Å². The van der Waals surface area contributed by atoms with Gasteiger partial charge >= 0.3 is 12.0 Å². The number of hydrogen-bond acceptors (Lipinski definition) is 2. The van der Waals surface area contributed by atoms with Gasteiger partial charge in [0.1, 0.15) is 0 Å². The van der Waals surface area contributed by atoms with Gasteiger partial charge in [-0.2, -0.15) is 0 Å². The normalized spacial score (nSPS) is 17.0. The minimum absolute atomic E-state index is 0.135. The number of rotatable bonds is 5. The van der Waals surface area contributed by atoms with E-state index in [0.717, 1.165) is 12.8 Å². The molecule has 0 bridgehead atoms. The van der Waals surface area contributed by atoms with Gasteiger partial charge in [-0.05, 0) is 33.6 Å². The van der Waals surface area contributed by atoms with E-state index in [1.807, 2.05) is 11.8 Å². The van der Waals surface area contributed by atoms with E-state index in [4.69, 9.17) is 5.11 Å². The molecule has 5 heteroatoms. The number of urea groups is 1. The molecular weight excluding hydrogens is 244 g/mol. The van der Waals surface area contributed by atoms with Crippen LogP contribution in [0, 0.1) is 5.41 Å². The quantitative estimate of drug-likeness (QED) is 0.806. The maximum Gasteiger partial charge on any atom is 0.317 e. The lowest BCUT2D eigenvalue weighted by molar-refractivity contribution is -0.146. The molecule has 0 aromatic rings. The van der Waals surface area contributed by atoms with Gasteiger partial charge in [0.25, 0.3) is 0 Å². The van der Waals surface area contributed by atoms with Gasteiger partial charge in [0.05, 0.1) is 5.41 Å². The first-order valence-corrected chi connectivity index (χ1v) is 7.16. The average molecular weight is 270 g/mol. The van der Waals surface area contributed by atoms with Crippen molar-refractivity contribution in [3.05, 3.63) is 0 Å². The molecule has 1 fully saturated rings. The molecule has 0 aromatic carbocycles. The third-order valence-electron chi connectivity index (χ3n) is 3.88. The van der Waals surface area contributed by atoms with E-state index in [-0.39, 0.29) is 12.6 Å². The smallest absolute Gasteiger partial charge is 0.317 e. The van der Waals surface area contributed by atoms with Crippen molar-refractivity contribution in [1.82, 2.24) is 10.2 Å². The summed E-state index contributed by atoms with van der Waals surface area (Å²) in [6.07, 6.45) is 5.72. The lowest BCUT2D eigenvalue weighted by Gasteiger charge is -2.34. The summed E-state index contributed by atoms with van der Waals surface area (Å²) in [6.45, 7) is 6.03. The van der Waals surface area contributed by atoms with Crippen LogP contribution < -0.4 is 5.32 Å². The van der Waals surface area contributed by atoms with Gasteiger partial charge in [-0.15, -0.1) is 0 Å². The Morgan fingerprint density at radius 1 is 1.26 bits per heavy atom. The van der Waals surface area contributed by atoms with Crippen LogP contribution in [0.15, 0.2) is 0 Å². The first kappa shape index (κ1) is 15.8. The highest BCUT2D eigenvalue weighted by molar-refractivity contribution is 5.77. The van der Waals surface area contributed by atoms with E-state index in [2.05, 4.69) is 5.32 Å². The van der Waals surface area contributed by atoms with Crippen LogP contribution in [0.1, 0.15) is 52.9 Å². The monoisotopic (exact) mass is 270 g/mol. The van der Waals surface area contributed by atoms with Crippen LogP contribution in [0.25, 0.3) is 0 Å². The predicted octanol–water partition coefficient (Wildman–Crippen LogP) is 2.46. The van der Waals surface area contributed by atoms with E-state index >= 15 is 0 Å². The summed E-state index contributed by atoms with van der Waals surface area (Å²) in [5.41, 5.74) is -0.929. The summed E-state index contributed by atoms with van der Waals surface area (Å²) in [4.78, 5) is 25.0. The van der Waals surface area contributed by atoms with Gasteiger partial charge in [-0.1, -0.05) is 19.3 Å². The van der Waals surface area contributed by atoms with Gasteiger partial charge in [-0.3, -0.25) is 4.79 Å². The van der Waals surface area contributed by atoms with E-state index in [0.29, 0.717) is 12.6 Å². The fraction of sp³-hybridized carbons (Fsp3) is 0.857. The van der Waals surface area contributed by atoms with Gasteiger partial charge in [0.15, 0.2) is 0 Å². The number of hydrogen-bond donors (Lipinski definition) is 2. The highest BCUT2D eigenvalue weighted by Crippen LogP contribution is 2.22. The molecule has 0 heterocycles. The highest BCUT2D eigenvalue weighted by Gasteiger charge is 2.30.